The lowest BCUT2D eigenvalue weighted by Crippen LogP contribution is -2.18. The zero-order valence-corrected chi connectivity index (χ0v) is 10.8. The van der Waals surface area contributed by atoms with E-state index >= 15 is 0 Å². The van der Waals surface area contributed by atoms with Crippen LogP contribution in [0.2, 0.25) is 0 Å². The van der Waals surface area contributed by atoms with E-state index in [9.17, 15) is 4.79 Å². The number of unbranched alkanes of at least 4 members (excludes halogenated alkanes) is 2. The molecule has 1 rings (SSSR count). The zero-order valence-electron chi connectivity index (χ0n) is 10.8. The quantitative estimate of drug-likeness (QED) is 0.336. The van der Waals surface area contributed by atoms with Crippen LogP contribution in [0.25, 0.3) is 0 Å². The van der Waals surface area contributed by atoms with Gasteiger partial charge in [0.05, 0.1) is 12.8 Å². The normalized spacial score (nSPS) is 26.4. The number of carbonyl (C=O) groups excluding carboxylic acids is 1. The first kappa shape index (κ1) is 14.0. The van der Waals surface area contributed by atoms with Crippen molar-refractivity contribution in [1.29, 1.82) is 0 Å². The van der Waals surface area contributed by atoms with Gasteiger partial charge in [-0.25, -0.2) is 0 Å². The van der Waals surface area contributed by atoms with Crippen LogP contribution in [-0.2, 0) is 9.53 Å². The molecule has 1 aliphatic carbocycles. The number of methoxy groups -OCH3 is 1. The SMILES string of the molecule is CCCCC[C@@H]1/C(=N/O)CC[C@H]1CC(=O)OC. The number of hydrogen-bond donors (Lipinski definition) is 1. The highest BCUT2D eigenvalue weighted by Gasteiger charge is 2.34. The van der Waals surface area contributed by atoms with E-state index in [0.29, 0.717) is 12.3 Å². The van der Waals surface area contributed by atoms with Gasteiger partial charge in [-0.3, -0.25) is 4.79 Å². The number of rotatable bonds is 6. The van der Waals surface area contributed by atoms with Gasteiger partial charge < -0.3 is 9.94 Å². The van der Waals surface area contributed by atoms with E-state index in [0.717, 1.165) is 31.4 Å². The number of esters is 1. The third kappa shape index (κ3) is 4.02. The Bertz CT molecular complexity index is 276. The van der Waals surface area contributed by atoms with Crippen molar-refractivity contribution in [3.05, 3.63) is 0 Å². The number of carbonyl (C=O) groups is 1. The van der Waals surface area contributed by atoms with Crippen LogP contribution in [0.4, 0.5) is 0 Å². The zero-order chi connectivity index (χ0) is 12.7. The summed E-state index contributed by atoms with van der Waals surface area (Å²) in [7, 11) is 1.42. The standard InChI is InChI=1S/C13H23NO3/c1-3-4-5-6-11-10(9-13(15)17-2)7-8-12(11)14-16/h10-11,16H,3-9H2,1-2H3/b14-12+/t10-,11-/m0/s1. The van der Waals surface area contributed by atoms with Crippen molar-refractivity contribution >= 4 is 11.7 Å². The van der Waals surface area contributed by atoms with Gasteiger partial charge in [-0.1, -0.05) is 31.3 Å². The molecule has 0 aromatic heterocycles. The van der Waals surface area contributed by atoms with E-state index in [1.807, 2.05) is 0 Å². The van der Waals surface area contributed by atoms with Gasteiger partial charge in [-0.05, 0) is 25.2 Å². The lowest BCUT2D eigenvalue weighted by atomic mass is 9.87. The summed E-state index contributed by atoms with van der Waals surface area (Å²) in [6, 6.07) is 0. The number of nitrogens with zero attached hydrogens (tertiary/aromatic N) is 1. The molecule has 0 heterocycles. The second kappa shape index (κ2) is 7.30. The van der Waals surface area contributed by atoms with Crippen molar-refractivity contribution in [3.63, 3.8) is 0 Å². The van der Waals surface area contributed by atoms with E-state index in [1.165, 1.54) is 20.0 Å². The van der Waals surface area contributed by atoms with Crippen molar-refractivity contribution < 1.29 is 14.7 Å². The maximum atomic E-state index is 11.3. The fraction of sp³-hybridized carbons (Fsp3) is 0.846. The first-order valence-corrected chi connectivity index (χ1v) is 6.50. The molecule has 0 bridgehead atoms. The summed E-state index contributed by atoms with van der Waals surface area (Å²) < 4.78 is 4.71. The van der Waals surface area contributed by atoms with Gasteiger partial charge in [0.25, 0.3) is 0 Å². The third-order valence-electron chi connectivity index (χ3n) is 3.67. The summed E-state index contributed by atoms with van der Waals surface area (Å²) in [6.45, 7) is 2.17. The second-order valence-electron chi connectivity index (χ2n) is 4.77. The molecule has 98 valence electrons. The van der Waals surface area contributed by atoms with Gasteiger partial charge in [-0.2, -0.15) is 0 Å². The molecule has 0 amide bonds. The monoisotopic (exact) mass is 241 g/mol. The molecule has 0 aromatic carbocycles. The summed E-state index contributed by atoms with van der Waals surface area (Å²) >= 11 is 0. The van der Waals surface area contributed by atoms with Gasteiger partial charge in [0.15, 0.2) is 0 Å². The molecule has 0 radical (unpaired) electrons. The van der Waals surface area contributed by atoms with E-state index in [-0.39, 0.29) is 11.9 Å². The van der Waals surface area contributed by atoms with E-state index in [2.05, 4.69) is 12.1 Å². The Kier molecular flexibility index (Phi) is 6.01. The molecular weight excluding hydrogens is 218 g/mol. The Morgan fingerprint density at radius 1 is 1.53 bits per heavy atom. The van der Waals surface area contributed by atoms with Gasteiger partial charge in [-0.15, -0.1) is 0 Å². The van der Waals surface area contributed by atoms with Crippen molar-refractivity contribution in [2.45, 2.75) is 51.9 Å². The topological polar surface area (TPSA) is 58.9 Å². The Balaban J connectivity index is 2.53. The summed E-state index contributed by atoms with van der Waals surface area (Å²) in [5, 5.41) is 12.4. The molecule has 1 N–H and O–H groups in total. The largest absolute Gasteiger partial charge is 0.469 e. The Hall–Kier alpha value is -1.06. The van der Waals surface area contributed by atoms with Crippen LogP contribution in [0.3, 0.4) is 0 Å². The van der Waals surface area contributed by atoms with Crippen molar-refractivity contribution in [2.75, 3.05) is 7.11 Å². The average Bonchev–Trinajstić information content (AvgIpc) is 2.72. The predicted molar refractivity (Wildman–Crippen MR) is 66.2 cm³/mol. The van der Waals surface area contributed by atoms with Crippen molar-refractivity contribution in [3.8, 4) is 0 Å². The fourth-order valence-electron chi connectivity index (χ4n) is 2.67. The van der Waals surface area contributed by atoms with Crippen LogP contribution < -0.4 is 0 Å². The molecule has 0 spiro atoms. The molecule has 4 nitrogen and oxygen atoms in total. The lowest BCUT2D eigenvalue weighted by Gasteiger charge is -2.18. The Morgan fingerprint density at radius 2 is 2.29 bits per heavy atom. The van der Waals surface area contributed by atoms with Crippen molar-refractivity contribution in [2.24, 2.45) is 17.0 Å². The van der Waals surface area contributed by atoms with E-state index in [1.54, 1.807) is 0 Å². The maximum absolute atomic E-state index is 11.3. The van der Waals surface area contributed by atoms with Crippen LogP contribution >= 0.6 is 0 Å². The summed E-state index contributed by atoms with van der Waals surface area (Å²) in [5.74, 6) is 0.408. The van der Waals surface area contributed by atoms with Gasteiger partial charge in [0.2, 0.25) is 0 Å². The molecule has 1 saturated carbocycles. The maximum Gasteiger partial charge on any atom is 0.305 e. The summed E-state index contributed by atoms with van der Waals surface area (Å²) in [6.07, 6.45) is 6.74. The van der Waals surface area contributed by atoms with Gasteiger partial charge in [0, 0.05) is 12.3 Å². The molecule has 2 atom stereocenters. The summed E-state index contributed by atoms with van der Waals surface area (Å²) in [4.78, 5) is 11.3. The number of hydrogen-bond acceptors (Lipinski definition) is 4. The average molecular weight is 241 g/mol. The van der Waals surface area contributed by atoms with Crippen molar-refractivity contribution in [1.82, 2.24) is 0 Å². The molecule has 17 heavy (non-hydrogen) atoms. The highest BCUT2D eigenvalue weighted by atomic mass is 16.5. The lowest BCUT2D eigenvalue weighted by molar-refractivity contribution is -0.141. The Labute approximate surface area is 103 Å². The minimum Gasteiger partial charge on any atom is -0.469 e. The first-order chi connectivity index (χ1) is 8.22. The molecular formula is C13H23NO3. The van der Waals surface area contributed by atoms with Crippen LogP contribution in [0.1, 0.15) is 51.9 Å². The molecule has 0 aromatic rings. The molecule has 1 fully saturated rings. The fourth-order valence-corrected chi connectivity index (χ4v) is 2.67. The second-order valence-corrected chi connectivity index (χ2v) is 4.77. The molecule has 1 aliphatic rings. The highest BCUT2D eigenvalue weighted by Crippen LogP contribution is 2.35. The van der Waals surface area contributed by atoms with E-state index in [4.69, 9.17) is 9.94 Å². The predicted octanol–water partition coefficient (Wildman–Crippen LogP) is 2.99. The smallest absolute Gasteiger partial charge is 0.305 e. The Morgan fingerprint density at radius 3 is 2.88 bits per heavy atom. The number of ether oxygens (including phenoxy) is 1. The minimum atomic E-state index is -0.158. The van der Waals surface area contributed by atoms with Crippen LogP contribution in [-0.4, -0.2) is 24.0 Å². The minimum absolute atomic E-state index is 0.158. The van der Waals surface area contributed by atoms with Crippen LogP contribution in [0.5, 0.6) is 0 Å². The molecule has 0 aliphatic heterocycles. The highest BCUT2D eigenvalue weighted by molar-refractivity contribution is 5.89. The number of oxime groups is 1. The first-order valence-electron chi connectivity index (χ1n) is 6.50. The molecule has 0 saturated heterocycles. The van der Waals surface area contributed by atoms with Gasteiger partial charge in [0.1, 0.15) is 0 Å². The molecule has 4 heteroatoms. The van der Waals surface area contributed by atoms with Crippen LogP contribution in [0.15, 0.2) is 5.16 Å². The van der Waals surface area contributed by atoms with E-state index < -0.39 is 0 Å². The molecule has 0 unspecified atom stereocenters. The summed E-state index contributed by atoms with van der Waals surface area (Å²) in [5.41, 5.74) is 0.870. The third-order valence-corrected chi connectivity index (χ3v) is 3.67. The van der Waals surface area contributed by atoms with Crippen LogP contribution in [0, 0.1) is 11.8 Å². The van der Waals surface area contributed by atoms with Gasteiger partial charge >= 0.3 is 5.97 Å².